The molecule has 0 atom stereocenters. The second-order valence-electron chi connectivity index (χ2n) is 8.30. The Labute approximate surface area is 196 Å². The molecule has 1 N–H and O–H groups in total. The standard InChI is InChI=1S/C17H20N2.C7H7ClN4O2/c1-18(2)11-12-19-16-9-5-3-7-14(16)13-15-8-4-6-10-17(15)19;1-11-4-3(9-6(8)10-4)5(13)12(2)7(11)14/h3-7,9-10,13H,8,11-12H2,1-2H3;1-2H3,(H,9,10). The van der Waals surface area contributed by atoms with Crippen LogP contribution in [0.25, 0.3) is 17.2 Å². The molecule has 0 saturated heterocycles. The fraction of sp³-hybridized carbons (Fsp3) is 0.292. The van der Waals surface area contributed by atoms with Crippen molar-refractivity contribution in [2.45, 2.75) is 6.42 Å². The molecule has 2 aliphatic rings. The summed E-state index contributed by atoms with van der Waals surface area (Å²) >= 11 is 5.60. The highest BCUT2D eigenvalue weighted by Crippen LogP contribution is 2.37. The number of halogens is 1. The van der Waals surface area contributed by atoms with Crippen molar-refractivity contribution >= 4 is 34.5 Å². The van der Waals surface area contributed by atoms with Gasteiger partial charge in [0.15, 0.2) is 11.2 Å². The lowest BCUT2D eigenvalue weighted by Crippen LogP contribution is -2.36. The normalized spacial score (nSPS) is 14.4. The number of nitrogens with one attached hydrogen (secondary N) is 1. The zero-order valence-electron chi connectivity index (χ0n) is 19.2. The van der Waals surface area contributed by atoms with Crippen molar-refractivity contribution in [3.63, 3.8) is 0 Å². The molecule has 9 heteroatoms. The van der Waals surface area contributed by atoms with Gasteiger partial charge in [0.25, 0.3) is 5.56 Å². The van der Waals surface area contributed by atoms with Crippen molar-refractivity contribution in [1.82, 2.24) is 24.0 Å². The second-order valence-corrected chi connectivity index (χ2v) is 8.66. The summed E-state index contributed by atoms with van der Waals surface area (Å²) in [6, 6.07) is 8.67. The molecule has 3 aromatic rings. The van der Waals surface area contributed by atoms with Crippen LogP contribution in [0.4, 0.5) is 5.69 Å². The third kappa shape index (κ3) is 4.44. The van der Waals surface area contributed by atoms with Gasteiger partial charge in [-0.15, -0.1) is 0 Å². The highest BCUT2D eigenvalue weighted by atomic mass is 35.5. The minimum atomic E-state index is -0.428. The van der Waals surface area contributed by atoms with Crippen molar-refractivity contribution in [2.24, 2.45) is 14.1 Å². The van der Waals surface area contributed by atoms with Gasteiger partial charge in [-0.1, -0.05) is 30.4 Å². The minimum absolute atomic E-state index is 0.0956. The summed E-state index contributed by atoms with van der Waals surface area (Å²) in [6.07, 6.45) is 10.0. The largest absolute Gasteiger partial charge is 0.339 e. The molecule has 1 aliphatic carbocycles. The van der Waals surface area contributed by atoms with Gasteiger partial charge in [0.1, 0.15) is 0 Å². The number of fused-ring (bicyclic) bond motifs is 3. The van der Waals surface area contributed by atoms with Gasteiger partial charge in [-0.25, -0.2) is 4.79 Å². The van der Waals surface area contributed by atoms with Crippen LogP contribution in [0.15, 0.2) is 63.4 Å². The zero-order chi connectivity index (χ0) is 23.7. The van der Waals surface area contributed by atoms with Crippen molar-refractivity contribution in [3.05, 3.63) is 85.4 Å². The Bertz CT molecular complexity index is 1410. The van der Waals surface area contributed by atoms with E-state index in [2.05, 4.69) is 82.4 Å². The molecule has 1 aliphatic heterocycles. The molecule has 0 bridgehead atoms. The Morgan fingerprint density at radius 2 is 1.91 bits per heavy atom. The molecule has 1 aromatic carbocycles. The predicted molar refractivity (Wildman–Crippen MR) is 134 cm³/mol. The van der Waals surface area contributed by atoms with Crippen molar-refractivity contribution in [1.29, 1.82) is 0 Å². The fourth-order valence-corrected chi connectivity index (χ4v) is 4.15. The van der Waals surface area contributed by atoms with Crippen LogP contribution in [0, 0.1) is 0 Å². The van der Waals surface area contributed by atoms with Gasteiger partial charge in [-0.05, 0) is 61.5 Å². The number of nitrogens with zero attached hydrogens (tertiary/aromatic N) is 5. The van der Waals surface area contributed by atoms with E-state index in [-0.39, 0.29) is 16.4 Å². The topological polar surface area (TPSA) is 79.2 Å². The molecule has 5 rings (SSSR count). The maximum absolute atomic E-state index is 11.5. The number of likely N-dealkylation sites (N-methyl/N-ethyl adjacent to an activating group) is 1. The van der Waals surface area contributed by atoms with Crippen LogP contribution in [0.5, 0.6) is 0 Å². The summed E-state index contributed by atoms with van der Waals surface area (Å²) in [7, 11) is 7.18. The first kappa shape index (κ1) is 22.8. The van der Waals surface area contributed by atoms with Gasteiger partial charge >= 0.3 is 5.69 Å². The molecule has 0 radical (unpaired) electrons. The van der Waals surface area contributed by atoms with E-state index in [4.69, 9.17) is 11.6 Å². The number of aromatic nitrogens is 4. The minimum Gasteiger partial charge on any atom is -0.339 e. The molecular formula is C24H27ClN6O2. The van der Waals surface area contributed by atoms with Crippen LogP contribution in [0.1, 0.15) is 12.0 Å². The van der Waals surface area contributed by atoms with E-state index in [0.717, 1.165) is 24.1 Å². The van der Waals surface area contributed by atoms with Crippen LogP contribution >= 0.6 is 11.6 Å². The summed E-state index contributed by atoms with van der Waals surface area (Å²) in [5.41, 5.74) is 5.11. The molecule has 33 heavy (non-hydrogen) atoms. The molecule has 8 nitrogen and oxygen atoms in total. The Hall–Kier alpha value is -3.36. The quantitative estimate of drug-likeness (QED) is 0.600. The SMILES string of the molecule is CN(C)CCN1C2=CC=CCC2=Cc2ccccc21.Cn1c(=O)c2[nH]c(Cl)nc2n(C)c1=O. The van der Waals surface area contributed by atoms with Crippen LogP contribution in [-0.2, 0) is 14.1 Å². The van der Waals surface area contributed by atoms with Gasteiger partial charge in [0, 0.05) is 38.6 Å². The maximum atomic E-state index is 11.5. The summed E-state index contributed by atoms with van der Waals surface area (Å²) in [4.78, 5) is 34.1. The second kappa shape index (κ2) is 9.25. The Morgan fingerprint density at radius 1 is 1.15 bits per heavy atom. The number of rotatable bonds is 3. The predicted octanol–water partition coefficient (Wildman–Crippen LogP) is 2.91. The van der Waals surface area contributed by atoms with Gasteiger partial charge in [0.05, 0.1) is 0 Å². The van der Waals surface area contributed by atoms with E-state index in [1.165, 1.54) is 41.2 Å². The number of imidazole rings is 1. The first-order valence-corrected chi connectivity index (χ1v) is 11.1. The van der Waals surface area contributed by atoms with Crippen molar-refractivity contribution in [3.8, 4) is 0 Å². The number of para-hydroxylation sites is 1. The fourth-order valence-electron chi connectivity index (χ4n) is 3.97. The van der Waals surface area contributed by atoms with Crippen LogP contribution < -0.4 is 16.1 Å². The van der Waals surface area contributed by atoms with Crippen LogP contribution in [0.3, 0.4) is 0 Å². The number of H-pyrrole nitrogens is 1. The Balaban J connectivity index is 0.000000165. The number of hydrogen-bond donors (Lipinski definition) is 1. The third-order valence-electron chi connectivity index (χ3n) is 5.74. The van der Waals surface area contributed by atoms with Crippen molar-refractivity contribution in [2.75, 3.05) is 32.1 Å². The van der Waals surface area contributed by atoms with E-state index in [0.29, 0.717) is 0 Å². The average molecular weight is 467 g/mol. The Morgan fingerprint density at radius 3 is 2.67 bits per heavy atom. The maximum Gasteiger partial charge on any atom is 0.332 e. The third-order valence-corrected chi connectivity index (χ3v) is 5.92. The summed E-state index contributed by atoms with van der Waals surface area (Å²) in [5, 5.41) is 0.0956. The number of allylic oxidation sites excluding steroid dienone is 4. The van der Waals surface area contributed by atoms with Crippen molar-refractivity contribution < 1.29 is 0 Å². The molecule has 3 heterocycles. The van der Waals surface area contributed by atoms with Gasteiger partial charge in [-0.3, -0.25) is 13.9 Å². The Kier molecular flexibility index (Phi) is 6.40. The van der Waals surface area contributed by atoms with E-state index in [9.17, 15) is 9.59 Å². The van der Waals surface area contributed by atoms with Crippen LogP contribution in [-0.4, -0.2) is 51.2 Å². The first-order chi connectivity index (χ1) is 15.8. The number of hydrogen-bond acceptors (Lipinski definition) is 5. The number of benzene rings is 1. The summed E-state index contributed by atoms with van der Waals surface area (Å²) in [5.74, 6) is 0. The highest BCUT2D eigenvalue weighted by molar-refractivity contribution is 6.28. The van der Waals surface area contributed by atoms with Gasteiger partial charge in [-0.2, -0.15) is 4.98 Å². The molecule has 172 valence electrons. The lowest BCUT2D eigenvalue weighted by atomic mass is 9.94. The molecule has 0 saturated carbocycles. The molecule has 0 unspecified atom stereocenters. The average Bonchev–Trinajstić information content (AvgIpc) is 3.21. The molecule has 0 fully saturated rings. The molecule has 0 spiro atoms. The van der Waals surface area contributed by atoms with E-state index < -0.39 is 11.2 Å². The number of aryl methyl sites for hydroxylation is 1. The number of aromatic amines is 1. The summed E-state index contributed by atoms with van der Waals surface area (Å²) in [6.45, 7) is 2.09. The smallest absolute Gasteiger partial charge is 0.332 e. The monoisotopic (exact) mass is 466 g/mol. The lowest BCUT2D eigenvalue weighted by Gasteiger charge is -2.35. The highest BCUT2D eigenvalue weighted by Gasteiger charge is 2.23. The number of anilines is 1. The van der Waals surface area contributed by atoms with Crippen LogP contribution in [0.2, 0.25) is 5.28 Å². The lowest BCUT2D eigenvalue weighted by molar-refractivity contribution is 0.417. The molecular weight excluding hydrogens is 440 g/mol. The van der Waals surface area contributed by atoms with E-state index >= 15 is 0 Å². The molecule has 0 amide bonds. The van der Waals surface area contributed by atoms with E-state index in [1.807, 2.05) is 0 Å². The summed E-state index contributed by atoms with van der Waals surface area (Å²) < 4.78 is 2.26. The molecule has 2 aromatic heterocycles. The zero-order valence-corrected chi connectivity index (χ0v) is 19.9. The van der Waals surface area contributed by atoms with Gasteiger partial charge < -0.3 is 14.8 Å². The van der Waals surface area contributed by atoms with E-state index in [1.54, 1.807) is 0 Å². The van der Waals surface area contributed by atoms with Gasteiger partial charge in [0.2, 0.25) is 5.28 Å². The first-order valence-electron chi connectivity index (χ1n) is 10.7.